The minimum atomic E-state index is -0.289. The third kappa shape index (κ3) is 4.10. The molecular weight excluding hydrogens is 273 g/mol. The molecule has 0 N–H and O–H groups in total. The Hall–Kier alpha value is -0.260. The molecule has 0 atom stereocenters. The molecule has 3 heteroatoms. The Labute approximate surface area is 125 Å². The zero-order valence-electron chi connectivity index (χ0n) is 13.5. The van der Waals surface area contributed by atoms with Crippen LogP contribution in [0.25, 0.3) is 0 Å². The highest BCUT2D eigenvalue weighted by Crippen LogP contribution is 2.58. The van der Waals surface area contributed by atoms with E-state index in [0.29, 0.717) is 0 Å². The van der Waals surface area contributed by atoms with Crippen molar-refractivity contribution in [3.8, 4) is 0 Å². The molecule has 0 aliphatic carbocycles. The average molecular weight is 300 g/mol. The average Bonchev–Trinajstić information content (AvgIpc) is 2.11. The summed E-state index contributed by atoms with van der Waals surface area (Å²) in [5, 5.41) is 2.79. The van der Waals surface area contributed by atoms with Gasteiger partial charge in [-0.25, -0.2) is 0 Å². The minimum absolute atomic E-state index is 0.274. The molecule has 0 fully saturated rings. The molecule has 19 heavy (non-hydrogen) atoms. The second-order valence-electron chi connectivity index (χ2n) is 7.21. The van der Waals surface area contributed by atoms with E-state index in [1.165, 1.54) is 5.30 Å². The van der Waals surface area contributed by atoms with Crippen LogP contribution in [-0.2, 0) is 0 Å². The van der Waals surface area contributed by atoms with Crippen molar-refractivity contribution < 1.29 is 0 Å². The highest BCUT2D eigenvalue weighted by atomic mass is 35.5. The topological polar surface area (TPSA) is 3.24 Å². The lowest BCUT2D eigenvalue weighted by molar-refractivity contribution is 0.715. The molecule has 0 heterocycles. The molecule has 1 aromatic carbocycles. The Morgan fingerprint density at radius 2 is 1.42 bits per heavy atom. The number of rotatable bonds is 2. The Morgan fingerprint density at radius 3 is 1.74 bits per heavy atom. The molecule has 1 nitrogen and oxygen atoms in total. The highest BCUT2D eigenvalue weighted by Gasteiger charge is 2.35. The van der Waals surface area contributed by atoms with Crippen LogP contribution in [0.5, 0.6) is 0 Å². The van der Waals surface area contributed by atoms with Gasteiger partial charge in [-0.2, -0.15) is 0 Å². The standard InChI is InChI=1S/C16H27ClNP/c1-15(2,3)19(16(4,5)6)12-9-10-14(18(7)8)13(17)11-12/h9-11H,1-8H3. The normalized spacial score (nSPS) is 12.9. The van der Waals surface area contributed by atoms with Gasteiger partial charge in [0.25, 0.3) is 0 Å². The predicted octanol–water partition coefficient (Wildman–Crippen LogP) is 5.11. The Morgan fingerprint density at radius 1 is 0.947 bits per heavy atom. The van der Waals surface area contributed by atoms with Crippen molar-refractivity contribution in [1.29, 1.82) is 0 Å². The fraction of sp³-hybridized carbons (Fsp3) is 0.625. The molecule has 0 aliphatic rings. The highest BCUT2D eigenvalue weighted by molar-refractivity contribution is 7.68. The van der Waals surface area contributed by atoms with Crippen LogP contribution < -0.4 is 10.2 Å². The predicted molar refractivity (Wildman–Crippen MR) is 91.8 cm³/mol. The van der Waals surface area contributed by atoms with Crippen LogP contribution in [0.15, 0.2) is 18.2 Å². The second kappa shape index (κ2) is 5.62. The van der Waals surface area contributed by atoms with Gasteiger partial charge in [0.2, 0.25) is 0 Å². The molecule has 0 amide bonds. The summed E-state index contributed by atoms with van der Waals surface area (Å²) in [7, 11) is 3.76. The van der Waals surface area contributed by atoms with Crippen LogP contribution >= 0.6 is 19.5 Å². The van der Waals surface area contributed by atoms with Crippen molar-refractivity contribution in [2.75, 3.05) is 19.0 Å². The van der Waals surface area contributed by atoms with Gasteiger partial charge in [-0.1, -0.05) is 67.1 Å². The van der Waals surface area contributed by atoms with Crippen LogP contribution in [-0.4, -0.2) is 24.4 Å². The summed E-state index contributed by atoms with van der Waals surface area (Å²) in [4.78, 5) is 2.06. The lowest BCUT2D eigenvalue weighted by Crippen LogP contribution is -2.31. The molecule has 1 rings (SSSR count). The third-order valence-electron chi connectivity index (χ3n) is 3.01. The molecule has 0 radical (unpaired) electrons. The van der Waals surface area contributed by atoms with Crippen LogP contribution in [0.1, 0.15) is 41.5 Å². The van der Waals surface area contributed by atoms with Gasteiger partial charge in [-0.15, -0.1) is 0 Å². The van der Waals surface area contributed by atoms with Crippen molar-refractivity contribution in [3.63, 3.8) is 0 Å². The molecule has 0 bridgehead atoms. The van der Waals surface area contributed by atoms with Crippen molar-refractivity contribution in [2.45, 2.75) is 51.9 Å². The van der Waals surface area contributed by atoms with Crippen molar-refractivity contribution in [3.05, 3.63) is 23.2 Å². The molecule has 0 saturated heterocycles. The first-order chi connectivity index (χ1) is 8.44. The Kier molecular flexibility index (Phi) is 4.97. The van der Waals surface area contributed by atoms with Gasteiger partial charge in [0, 0.05) is 14.1 Å². The van der Waals surface area contributed by atoms with Crippen LogP contribution in [0, 0.1) is 0 Å². The van der Waals surface area contributed by atoms with Crippen molar-refractivity contribution in [1.82, 2.24) is 0 Å². The summed E-state index contributed by atoms with van der Waals surface area (Å²) in [6.45, 7) is 14.0. The molecule has 108 valence electrons. The van der Waals surface area contributed by atoms with E-state index in [1.54, 1.807) is 0 Å². The van der Waals surface area contributed by atoms with E-state index in [-0.39, 0.29) is 18.2 Å². The first kappa shape index (κ1) is 16.8. The van der Waals surface area contributed by atoms with E-state index in [0.717, 1.165) is 10.7 Å². The van der Waals surface area contributed by atoms with Gasteiger partial charge < -0.3 is 4.90 Å². The Bertz CT molecular complexity index is 427. The first-order valence-electron chi connectivity index (χ1n) is 6.72. The van der Waals surface area contributed by atoms with Crippen LogP contribution in [0.3, 0.4) is 0 Å². The molecule has 0 aromatic heterocycles. The summed E-state index contributed by atoms with van der Waals surface area (Å²) >= 11 is 6.44. The number of benzene rings is 1. The van der Waals surface area contributed by atoms with Crippen LogP contribution in [0.4, 0.5) is 5.69 Å². The van der Waals surface area contributed by atoms with Gasteiger partial charge in [0.05, 0.1) is 10.7 Å². The summed E-state index contributed by atoms with van der Waals surface area (Å²) in [6, 6.07) is 6.56. The third-order valence-corrected chi connectivity index (χ3v) is 6.79. The second-order valence-corrected chi connectivity index (χ2v) is 11.5. The lowest BCUT2D eigenvalue weighted by atomic mass is 10.2. The monoisotopic (exact) mass is 299 g/mol. The SMILES string of the molecule is CN(C)c1ccc(P(C(C)(C)C)C(C)(C)C)cc1Cl. The van der Waals surface area contributed by atoms with E-state index in [9.17, 15) is 0 Å². The number of hydrogen-bond acceptors (Lipinski definition) is 1. The van der Waals surface area contributed by atoms with E-state index < -0.39 is 0 Å². The number of halogens is 1. The summed E-state index contributed by atoms with van der Waals surface area (Å²) < 4.78 is 0. The number of nitrogens with zero attached hydrogens (tertiary/aromatic N) is 1. The molecule has 0 aliphatic heterocycles. The van der Waals surface area contributed by atoms with Gasteiger partial charge in [0.15, 0.2) is 0 Å². The fourth-order valence-corrected chi connectivity index (χ4v) is 7.25. The van der Waals surface area contributed by atoms with Crippen LogP contribution in [0.2, 0.25) is 5.02 Å². The van der Waals surface area contributed by atoms with Gasteiger partial charge in [-0.3, -0.25) is 0 Å². The zero-order chi connectivity index (χ0) is 15.0. The van der Waals surface area contributed by atoms with Gasteiger partial charge in [0.1, 0.15) is 0 Å². The first-order valence-corrected chi connectivity index (χ1v) is 8.44. The van der Waals surface area contributed by atoms with Crippen molar-refractivity contribution in [2.24, 2.45) is 0 Å². The van der Waals surface area contributed by atoms with Gasteiger partial charge in [-0.05, 0) is 27.7 Å². The fourth-order valence-electron chi connectivity index (χ4n) is 2.78. The quantitative estimate of drug-likeness (QED) is 0.686. The van der Waals surface area contributed by atoms with Gasteiger partial charge >= 0.3 is 0 Å². The largest absolute Gasteiger partial charge is 0.376 e. The van der Waals surface area contributed by atoms with E-state index in [4.69, 9.17) is 11.6 Å². The zero-order valence-corrected chi connectivity index (χ0v) is 15.2. The van der Waals surface area contributed by atoms with E-state index in [2.05, 4.69) is 64.6 Å². The summed E-state index contributed by atoms with van der Waals surface area (Å²) in [5.41, 5.74) is 1.09. The summed E-state index contributed by atoms with van der Waals surface area (Å²) in [6.07, 6.45) is 0. The molecule has 1 aromatic rings. The van der Waals surface area contributed by atoms with E-state index >= 15 is 0 Å². The summed E-state index contributed by atoms with van der Waals surface area (Å²) in [5.74, 6) is 0. The molecule has 0 spiro atoms. The lowest BCUT2D eigenvalue weighted by Gasteiger charge is -2.42. The van der Waals surface area contributed by atoms with Crippen molar-refractivity contribution >= 4 is 30.5 Å². The Balaban J connectivity index is 3.30. The molecule has 0 unspecified atom stereocenters. The van der Waals surface area contributed by atoms with E-state index in [1.807, 2.05) is 14.1 Å². The number of anilines is 1. The number of hydrogen-bond donors (Lipinski definition) is 0. The minimum Gasteiger partial charge on any atom is -0.376 e. The smallest absolute Gasteiger partial charge is 0.0645 e. The maximum absolute atomic E-state index is 6.44. The molecular formula is C16H27ClNP. The molecule has 0 saturated carbocycles. The maximum atomic E-state index is 6.44. The maximum Gasteiger partial charge on any atom is 0.0645 e.